The number of carbonyl (C=O) groups excluding carboxylic acids is 2. The van der Waals surface area contributed by atoms with Gasteiger partial charge in [0.05, 0.1) is 12.0 Å². The molecule has 1 amide bonds. The van der Waals surface area contributed by atoms with Crippen LogP contribution >= 0.6 is 57.4 Å². The summed E-state index contributed by atoms with van der Waals surface area (Å²) in [7, 11) is 0. The number of cyclic esters (lactones) is 1. The van der Waals surface area contributed by atoms with Gasteiger partial charge in [-0.3, -0.25) is 9.59 Å². The van der Waals surface area contributed by atoms with Crippen molar-refractivity contribution < 1.29 is 29.0 Å². The van der Waals surface area contributed by atoms with Gasteiger partial charge in [0, 0.05) is 23.2 Å². The number of ether oxygens (including phenoxy) is 2. The first kappa shape index (κ1) is 34.4. The van der Waals surface area contributed by atoms with E-state index >= 15 is 0 Å². The molecule has 8 nitrogen and oxygen atoms in total. The molecular weight excluding hydrogens is 742 g/mol. The monoisotopic (exact) mass is 774 g/mol. The standard InChI is InChI=1S/C32H34Cl3IN2O6/c1-31(2,3)16-25(27(32(33,34)35)44-30(41)42)37-28(39)26(24-15-23(17-36)43-29(24)40)38-14-13-22(18-38)21-11-9-20(10-12-21)19-7-5-4-6-8-19/h4-14,18,23-27H,15-17H2,1-3H3,(H,37,39)(H,41,42)/t23-,24+,25?,26-,27?/m1/s1. The van der Waals surface area contributed by atoms with Crippen molar-refractivity contribution >= 4 is 75.4 Å². The predicted molar refractivity (Wildman–Crippen MR) is 180 cm³/mol. The van der Waals surface area contributed by atoms with Crippen molar-refractivity contribution in [1.29, 1.82) is 0 Å². The van der Waals surface area contributed by atoms with E-state index in [0.717, 1.165) is 22.3 Å². The number of hydrogen-bond donors (Lipinski definition) is 2. The Balaban J connectivity index is 1.68. The average molecular weight is 776 g/mol. The van der Waals surface area contributed by atoms with E-state index in [0.29, 0.717) is 10.8 Å². The van der Waals surface area contributed by atoms with Crippen LogP contribution in [0.2, 0.25) is 0 Å². The number of halogens is 4. The summed E-state index contributed by atoms with van der Waals surface area (Å²) in [5, 5.41) is 12.3. The van der Waals surface area contributed by atoms with Crippen molar-refractivity contribution in [2.45, 2.75) is 61.7 Å². The molecule has 2 aromatic carbocycles. The van der Waals surface area contributed by atoms with Gasteiger partial charge in [-0.25, -0.2) is 4.79 Å². The lowest BCUT2D eigenvalue weighted by atomic mass is 9.85. The van der Waals surface area contributed by atoms with Crippen LogP contribution in [0.5, 0.6) is 0 Å². The fraction of sp³-hybridized carbons (Fsp3) is 0.406. The molecule has 12 heteroatoms. The third-order valence-electron chi connectivity index (χ3n) is 7.36. The highest BCUT2D eigenvalue weighted by Gasteiger charge is 2.47. The summed E-state index contributed by atoms with van der Waals surface area (Å²) in [4.78, 5) is 38.8. The van der Waals surface area contributed by atoms with Crippen molar-refractivity contribution in [2.75, 3.05) is 4.43 Å². The van der Waals surface area contributed by atoms with Crippen molar-refractivity contribution in [3.05, 3.63) is 73.1 Å². The molecule has 1 aliphatic rings. The van der Waals surface area contributed by atoms with Crippen LogP contribution in [0.1, 0.15) is 39.7 Å². The zero-order chi connectivity index (χ0) is 32.2. The quantitative estimate of drug-likeness (QED) is 0.123. The molecule has 0 radical (unpaired) electrons. The first-order valence-corrected chi connectivity index (χ1v) is 16.7. The van der Waals surface area contributed by atoms with Crippen molar-refractivity contribution in [3.8, 4) is 22.3 Å². The van der Waals surface area contributed by atoms with Gasteiger partial charge >= 0.3 is 12.1 Å². The molecule has 5 atom stereocenters. The molecule has 2 heterocycles. The second-order valence-corrected chi connectivity index (χ2v) is 15.3. The molecule has 1 aromatic heterocycles. The molecule has 0 aliphatic carbocycles. The van der Waals surface area contributed by atoms with E-state index in [2.05, 4.69) is 27.9 Å². The number of amides is 1. The Labute approximate surface area is 285 Å². The number of hydrogen-bond acceptors (Lipinski definition) is 5. The van der Waals surface area contributed by atoms with Crippen LogP contribution < -0.4 is 5.32 Å². The van der Waals surface area contributed by atoms with Crippen LogP contribution in [0.3, 0.4) is 0 Å². The molecule has 0 bridgehead atoms. The molecule has 2 unspecified atom stereocenters. The number of rotatable bonds is 10. The molecule has 4 rings (SSSR count). The van der Waals surface area contributed by atoms with E-state index < -0.39 is 51.3 Å². The van der Waals surface area contributed by atoms with Crippen molar-refractivity contribution in [3.63, 3.8) is 0 Å². The summed E-state index contributed by atoms with van der Waals surface area (Å²) in [6.45, 7) is 5.71. The van der Waals surface area contributed by atoms with Crippen molar-refractivity contribution in [2.24, 2.45) is 11.3 Å². The minimum Gasteiger partial charge on any atom is -0.461 e. The topological polar surface area (TPSA) is 107 Å². The summed E-state index contributed by atoms with van der Waals surface area (Å²) in [5.74, 6) is -1.83. The van der Waals surface area contributed by atoms with Crippen LogP contribution in [0.4, 0.5) is 4.79 Å². The van der Waals surface area contributed by atoms with E-state index in [-0.39, 0.29) is 12.5 Å². The fourth-order valence-corrected chi connectivity index (χ4v) is 6.58. The second-order valence-electron chi connectivity index (χ2n) is 12.0. The number of carbonyl (C=O) groups is 3. The summed E-state index contributed by atoms with van der Waals surface area (Å²) < 4.78 is 10.6. The van der Waals surface area contributed by atoms with Crippen LogP contribution in [-0.4, -0.2) is 54.2 Å². The maximum absolute atomic E-state index is 14.2. The smallest absolute Gasteiger partial charge is 0.461 e. The minimum atomic E-state index is -2.18. The third kappa shape index (κ3) is 8.83. The van der Waals surface area contributed by atoms with Crippen molar-refractivity contribution in [1.82, 2.24) is 9.88 Å². The Bertz CT molecular complexity index is 1450. The molecule has 3 aromatic rings. The van der Waals surface area contributed by atoms with Gasteiger partial charge in [0.25, 0.3) is 0 Å². The molecule has 0 spiro atoms. The van der Waals surface area contributed by atoms with Crippen LogP contribution in [0, 0.1) is 11.3 Å². The number of esters is 1. The zero-order valence-corrected chi connectivity index (χ0v) is 28.8. The zero-order valence-electron chi connectivity index (χ0n) is 24.4. The van der Waals surface area contributed by atoms with E-state index in [1.54, 1.807) is 10.8 Å². The Hall–Kier alpha value is -2.47. The van der Waals surface area contributed by atoms with Crippen LogP contribution in [0.25, 0.3) is 22.3 Å². The Kier molecular flexibility index (Phi) is 11.2. The molecule has 1 saturated heterocycles. The number of aromatic nitrogens is 1. The lowest BCUT2D eigenvalue weighted by Crippen LogP contribution is -2.54. The molecule has 0 saturated carbocycles. The van der Waals surface area contributed by atoms with Crippen LogP contribution in [-0.2, 0) is 19.1 Å². The van der Waals surface area contributed by atoms with Crippen LogP contribution in [0.15, 0.2) is 73.1 Å². The number of nitrogens with zero attached hydrogens (tertiary/aromatic N) is 1. The van der Waals surface area contributed by atoms with Gasteiger partial charge in [-0.2, -0.15) is 0 Å². The SMILES string of the molecule is CC(C)(C)CC(NC(=O)[C@@H]([C@@H]1C[C@H](CI)OC1=O)n1ccc(-c2ccc(-c3ccccc3)cc2)c1)C(OC(=O)O)C(Cl)(Cl)Cl. The van der Waals surface area contributed by atoms with Gasteiger partial charge in [0.2, 0.25) is 9.70 Å². The highest BCUT2D eigenvalue weighted by molar-refractivity contribution is 14.1. The molecule has 44 heavy (non-hydrogen) atoms. The number of carboxylic acid groups (broad SMARTS) is 1. The highest BCUT2D eigenvalue weighted by Crippen LogP contribution is 2.39. The summed E-state index contributed by atoms with van der Waals surface area (Å²) in [6.07, 6.45) is 0.604. The molecule has 1 aliphatic heterocycles. The maximum atomic E-state index is 14.2. The fourth-order valence-electron chi connectivity index (χ4n) is 5.45. The molecular formula is C32H34Cl3IN2O6. The number of benzene rings is 2. The summed E-state index contributed by atoms with van der Waals surface area (Å²) >= 11 is 20.6. The Morgan fingerprint density at radius 2 is 1.61 bits per heavy atom. The minimum absolute atomic E-state index is 0.216. The first-order chi connectivity index (χ1) is 20.7. The third-order valence-corrected chi connectivity index (χ3v) is 8.99. The summed E-state index contributed by atoms with van der Waals surface area (Å²) in [6, 6.07) is 17.9. The highest BCUT2D eigenvalue weighted by atomic mass is 127. The lowest BCUT2D eigenvalue weighted by molar-refractivity contribution is -0.147. The number of nitrogens with one attached hydrogen (secondary N) is 1. The lowest BCUT2D eigenvalue weighted by Gasteiger charge is -2.36. The van der Waals surface area contributed by atoms with E-state index in [1.165, 1.54) is 0 Å². The average Bonchev–Trinajstić information content (AvgIpc) is 3.58. The Morgan fingerprint density at radius 1 is 1.02 bits per heavy atom. The second kappa shape index (κ2) is 14.3. The molecule has 236 valence electrons. The predicted octanol–water partition coefficient (Wildman–Crippen LogP) is 8.08. The molecule has 1 fully saturated rings. The normalized spacial score (nSPS) is 19.1. The largest absolute Gasteiger partial charge is 0.506 e. The number of alkyl halides is 4. The van der Waals surface area contributed by atoms with Gasteiger partial charge in [-0.15, -0.1) is 0 Å². The first-order valence-electron chi connectivity index (χ1n) is 14.0. The van der Waals surface area contributed by atoms with Gasteiger partial charge in [-0.05, 0) is 40.2 Å². The summed E-state index contributed by atoms with van der Waals surface area (Å²) in [5.41, 5.74) is 3.52. The van der Waals surface area contributed by atoms with E-state index in [1.807, 2.05) is 87.6 Å². The van der Waals surface area contributed by atoms with E-state index in [4.69, 9.17) is 44.3 Å². The van der Waals surface area contributed by atoms with Gasteiger partial charge in [0.1, 0.15) is 12.1 Å². The van der Waals surface area contributed by atoms with E-state index in [9.17, 15) is 19.5 Å². The van der Waals surface area contributed by atoms with Gasteiger partial charge in [-0.1, -0.05) is 133 Å². The van der Waals surface area contributed by atoms with Gasteiger partial charge < -0.3 is 24.5 Å². The molecule has 2 N–H and O–H groups in total. The van der Waals surface area contributed by atoms with Gasteiger partial charge in [0.15, 0.2) is 6.10 Å². The maximum Gasteiger partial charge on any atom is 0.506 e. The Morgan fingerprint density at radius 3 is 2.14 bits per heavy atom.